The highest BCUT2D eigenvalue weighted by Crippen LogP contribution is 2.38. The Morgan fingerprint density at radius 2 is 2.00 bits per heavy atom. The third-order valence-corrected chi connectivity index (χ3v) is 10.1. The van der Waals surface area contributed by atoms with Crippen LogP contribution in [0.15, 0.2) is 12.1 Å². The fraction of sp³-hybridized carbons (Fsp3) is 0.650. The van der Waals surface area contributed by atoms with Crippen LogP contribution in [0.3, 0.4) is 0 Å². The molecule has 1 saturated heterocycles. The van der Waals surface area contributed by atoms with Crippen LogP contribution in [-0.2, 0) is 13.9 Å². The van der Waals surface area contributed by atoms with E-state index in [1.807, 2.05) is 0 Å². The quantitative estimate of drug-likeness (QED) is 0.191. The number of rotatable bonds is 10. The molecule has 1 aliphatic rings. The summed E-state index contributed by atoms with van der Waals surface area (Å²) < 4.78 is 21.9. The number of carbonyl (C=O) groups excluding carboxylic acids is 1. The summed E-state index contributed by atoms with van der Waals surface area (Å²) in [6.07, 6.45) is 0.875. The van der Waals surface area contributed by atoms with Gasteiger partial charge in [-0.05, 0) is 30.6 Å². The zero-order chi connectivity index (χ0) is 22.5. The molecule has 1 aromatic carbocycles. The third-order valence-electron chi connectivity index (χ3n) is 5.60. The van der Waals surface area contributed by atoms with E-state index in [-0.39, 0.29) is 40.4 Å². The van der Waals surface area contributed by atoms with Crippen molar-refractivity contribution in [2.75, 3.05) is 38.8 Å². The highest BCUT2D eigenvalue weighted by molar-refractivity contribution is 6.74. The van der Waals surface area contributed by atoms with Gasteiger partial charge in [0, 0.05) is 19.2 Å². The molecule has 0 amide bonds. The Morgan fingerprint density at radius 3 is 2.50 bits per heavy atom. The van der Waals surface area contributed by atoms with Gasteiger partial charge in [-0.15, -0.1) is 0 Å². The minimum Gasteiger partial charge on any atom is -0.484 e. The summed E-state index contributed by atoms with van der Waals surface area (Å²) in [5.41, 5.74) is 0.133. The maximum Gasteiger partial charge on any atom is 0.338 e. The average molecular weight is 441 g/mol. The second-order valence-corrected chi connectivity index (χ2v) is 13.5. The molecule has 9 nitrogen and oxygen atoms in total. The molecule has 1 heterocycles. The maximum absolute atomic E-state index is 12.1. The van der Waals surface area contributed by atoms with Crippen molar-refractivity contribution in [2.45, 2.75) is 51.4 Å². The van der Waals surface area contributed by atoms with Crippen molar-refractivity contribution in [1.29, 1.82) is 0 Å². The molecule has 1 aliphatic heterocycles. The first kappa shape index (κ1) is 24.1. The van der Waals surface area contributed by atoms with Crippen LogP contribution in [0.2, 0.25) is 18.1 Å². The minimum absolute atomic E-state index is 0.00115. The Balaban J connectivity index is 2.20. The minimum atomic E-state index is -1.96. The van der Waals surface area contributed by atoms with E-state index in [9.17, 15) is 14.9 Å². The van der Waals surface area contributed by atoms with E-state index in [1.54, 1.807) is 0 Å². The molecule has 0 unspecified atom stereocenters. The van der Waals surface area contributed by atoms with Crippen molar-refractivity contribution in [1.82, 2.24) is 0 Å². The van der Waals surface area contributed by atoms with Crippen LogP contribution >= 0.6 is 0 Å². The molecule has 1 fully saturated rings. The Kier molecular flexibility index (Phi) is 7.84. The summed E-state index contributed by atoms with van der Waals surface area (Å²) in [6, 6.07) is 2.74. The Morgan fingerprint density at radius 1 is 1.33 bits per heavy atom. The summed E-state index contributed by atoms with van der Waals surface area (Å²) in [4.78, 5) is 23.3. The average Bonchev–Trinajstić information content (AvgIpc) is 2.61. The van der Waals surface area contributed by atoms with Gasteiger partial charge >= 0.3 is 11.7 Å². The number of nitro benzene ring substituents is 1. The van der Waals surface area contributed by atoms with Crippen molar-refractivity contribution in [3.8, 4) is 5.75 Å². The Hall–Kier alpha value is -2.17. The summed E-state index contributed by atoms with van der Waals surface area (Å²) in [6.45, 7) is 12.2. The van der Waals surface area contributed by atoms with Crippen molar-refractivity contribution in [2.24, 2.45) is 0 Å². The first-order valence-corrected chi connectivity index (χ1v) is 12.9. The van der Waals surface area contributed by atoms with Crippen LogP contribution in [-0.4, -0.2) is 58.8 Å². The predicted octanol–water partition coefficient (Wildman–Crippen LogP) is 3.98. The van der Waals surface area contributed by atoms with Gasteiger partial charge in [0.15, 0.2) is 14.1 Å². The lowest BCUT2D eigenvalue weighted by atomic mass is 10.1. The van der Waals surface area contributed by atoms with E-state index < -0.39 is 19.2 Å². The van der Waals surface area contributed by atoms with E-state index in [2.05, 4.69) is 39.2 Å². The number of carbonyl (C=O) groups is 1. The van der Waals surface area contributed by atoms with Crippen molar-refractivity contribution < 1.29 is 28.4 Å². The second-order valence-electron chi connectivity index (χ2n) is 8.74. The van der Waals surface area contributed by atoms with Gasteiger partial charge in [0.2, 0.25) is 0 Å². The molecule has 0 saturated carbocycles. The smallest absolute Gasteiger partial charge is 0.338 e. The predicted molar refractivity (Wildman–Crippen MR) is 116 cm³/mol. The molecular formula is C20H32N2O7Si. The lowest BCUT2D eigenvalue weighted by Crippen LogP contribution is -2.41. The number of hydrogen-bond acceptors (Lipinski definition) is 8. The number of esters is 1. The number of nitrogens with zero attached hydrogens (tertiary/aromatic N) is 1. The summed E-state index contributed by atoms with van der Waals surface area (Å²) in [7, 11) is -0.705. The molecule has 0 spiro atoms. The van der Waals surface area contributed by atoms with E-state index in [4.69, 9.17) is 18.6 Å². The highest BCUT2D eigenvalue weighted by atomic mass is 28.4. The zero-order valence-corrected chi connectivity index (χ0v) is 19.6. The summed E-state index contributed by atoms with van der Waals surface area (Å²) in [5, 5.41) is 14.8. The molecule has 0 aliphatic carbocycles. The first-order chi connectivity index (χ1) is 14.0. The van der Waals surface area contributed by atoms with Crippen LogP contribution in [0.25, 0.3) is 0 Å². The maximum atomic E-state index is 12.1. The number of hydrogen-bond donors (Lipinski definition) is 1. The highest BCUT2D eigenvalue weighted by Gasteiger charge is 2.37. The molecule has 1 aromatic rings. The Bertz CT molecular complexity index is 773. The van der Waals surface area contributed by atoms with Gasteiger partial charge in [-0.25, -0.2) is 4.79 Å². The number of methoxy groups -OCH3 is 1. The van der Waals surface area contributed by atoms with E-state index in [1.165, 1.54) is 19.2 Å². The molecule has 1 atom stereocenters. The van der Waals surface area contributed by atoms with Crippen LogP contribution in [0.4, 0.5) is 11.4 Å². The number of ether oxygens (including phenoxy) is 3. The van der Waals surface area contributed by atoms with Gasteiger partial charge in [0.1, 0.15) is 12.3 Å². The third kappa shape index (κ3) is 5.93. The lowest BCUT2D eigenvalue weighted by Gasteiger charge is -2.36. The number of nitro groups is 1. The molecule has 30 heavy (non-hydrogen) atoms. The van der Waals surface area contributed by atoms with Gasteiger partial charge in [-0.3, -0.25) is 10.1 Å². The fourth-order valence-electron chi connectivity index (χ4n) is 2.61. The molecule has 2 rings (SSSR count). The molecule has 0 bridgehead atoms. The van der Waals surface area contributed by atoms with Gasteiger partial charge in [-0.1, -0.05) is 20.8 Å². The van der Waals surface area contributed by atoms with Gasteiger partial charge in [-0.2, -0.15) is 0 Å². The van der Waals surface area contributed by atoms with Crippen LogP contribution in [0, 0.1) is 10.1 Å². The zero-order valence-electron chi connectivity index (χ0n) is 18.6. The van der Waals surface area contributed by atoms with E-state index in [0.29, 0.717) is 19.8 Å². The molecule has 10 heteroatoms. The normalized spacial score (nSPS) is 16.5. The van der Waals surface area contributed by atoms with Crippen LogP contribution in [0.5, 0.6) is 5.75 Å². The number of anilines is 1. The van der Waals surface area contributed by atoms with E-state index in [0.717, 1.165) is 6.42 Å². The van der Waals surface area contributed by atoms with Crippen molar-refractivity contribution in [3.05, 3.63) is 27.8 Å². The fourth-order valence-corrected chi connectivity index (χ4v) is 3.64. The second kappa shape index (κ2) is 9.76. The summed E-state index contributed by atoms with van der Waals surface area (Å²) >= 11 is 0. The molecular weight excluding hydrogens is 408 g/mol. The summed E-state index contributed by atoms with van der Waals surface area (Å²) in [5.74, 6) is -0.603. The van der Waals surface area contributed by atoms with Gasteiger partial charge in [0.05, 0.1) is 30.3 Å². The molecule has 0 radical (unpaired) electrons. The largest absolute Gasteiger partial charge is 0.484 e. The molecule has 1 N–H and O–H groups in total. The monoisotopic (exact) mass is 440 g/mol. The molecule has 0 aromatic heterocycles. The Labute approximate surface area is 178 Å². The van der Waals surface area contributed by atoms with Crippen LogP contribution < -0.4 is 10.1 Å². The van der Waals surface area contributed by atoms with Crippen LogP contribution in [0.1, 0.15) is 37.6 Å². The van der Waals surface area contributed by atoms with E-state index >= 15 is 0 Å². The number of benzene rings is 1. The topological polar surface area (TPSA) is 109 Å². The van der Waals surface area contributed by atoms with Gasteiger partial charge < -0.3 is 24.0 Å². The van der Waals surface area contributed by atoms with Crippen molar-refractivity contribution >= 4 is 25.7 Å². The van der Waals surface area contributed by atoms with Crippen molar-refractivity contribution in [3.63, 3.8) is 0 Å². The molecule has 168 valence electrons. The lowest BCUT2D eigenvalue weighted by molar-refractivity contribution is -0.385. The van der Waals surface area contributed by atoms with Gasteiger partial charge in [0.25, 0.3) is 0 Å². The standard InChI is InChI=1S/C20H32N2O7Si/c1-20(2,3)30(5,6)29-10-9-28-17-12-14(19(23)26-4)11-16(18(17)22(24)25)21-13-15-7-8-27-15/h11-12,15,21H,7-10,13H2,1-6H3/t15-/m0/s1. The SMILES string of the molecule is COC(=O)c1cc(NC[C@@H]2CCO2)c([N+](=O)[O-])c(OCCO[Si](C)(C)C(C)(C)C)c1. The number of nitrogens with one attached hydrogen (secondary N) is 1. The first-order valence-electron chi connectivity index (χ1n) is 9.99.